The molecule has 0 amide bonds. The number of hydrogen-bond acceptors (Lipinski definition) is 3. The molecule has 1 aromatic heterocycles. The topological polar surface area (TPSA) is 37.6 Å². The van der Waals surface area contributed by atoms with Crippen LogP contribution in [0, 0.1) is 11.3 Å². The van der Waals surface area contributed by atoms with E-state index in [2.05, 4.69) is 53.8 Å². The number of allylic oxidation sites excluding steroid dienone is 1. The molecule has 0 saturated carbocycles. The molecule has 4 saturated heterocycles. The zero-order valence-electron chi connectivity index (χ0n) is 14.8. The van der Waals surface area contributed by atoms with Gasteiger partial charge in [0, 0.05) is 41.2 Å². The molecular formula is C21H24N2O2. The van der Waals surface area contributed by atoms with Crippen molar-refractivity contribution in [3.63, 3.8) is 0 Å². The highest BCUT2D eigenvalue weighted by Gasteiger charge is 2.67. The van der Waals surface area contributed by atoms with Gasteiger partial charge in [0.15, 0.2) is 0 Å². The maximum Gasteiger partial charge on any atom is 0.101 e. The first-order valence-electron chi connectivity index (χ1n) is 9.41. The van der Waals surface area contributed by atoms with Crippen LogP contribution in [0.2, 0.25) is 0 Å². The SMILES string of the molecule is C/C=C1/CN2[C@H]3[C@@H]4OCC3(CO)C1C[C@H]2c1c4c2ccccc2n1C. The van der Waals surface area contributed by atoms with E-state index in [0.717, 1.165) is 13.0 Å². The van der Waals surface area contributed by atoms with Crippen LogP contribution in [0.4, 0.5) is 0 Å². The summed E-state index contributed by atoms with van der Waals surface area (Å²) in [5, 5.41) is 11.8. The second-order valence-electron chi connectivity index (χ2n) is 8.28. The van der Waals surface area contributed by atoms with Gasteiger partial charge in [0.25, 0.3) is 0 Å². The minimum atomic E-state index is -0.129. The summed E-state index contributed by atoms with van der Waals surface area (Å²) >= 11 is 0. The van der Waals surface area contributed by atoms with Crippen molar-refractivity contribution in [2.45, 2.75) is 31.5 Å². The average Bonchev–Trinajstić information content (AvgIpc) is 3.21. The van der Waals surface area contributed by atoms with E-state index in [4.69, 9.17) is 4.74 Å². The molecule has 6 atom stereocenters. The number of aliphatic hydroxyl groups excluding tert-OH is 1. The molecule has 3 unspecified atom stereocenters. The van der Waals surface area contributed by atoms with E-state index in [0.29, 0.717) is 24.6 Å². The molecule has 25 heavy (non-hydrogen) atoms. The average molecular weight is 336 g/mol. The van der Waals surface area contributed by atoms with Gasteiger partial charge in [-0.05, 0) is 25.3 Å². The molecule has 2 aromatic rings. The van der Waals surface area contributed by atoms with E-state index in [-0.39, 0.29) is 18.1 Å². The normalized spacial score (nSPS) is 42.4. The summed E-state index contributed by atoms with van der Waals surface area (Å²) in [6.45, 7) is 4.07. The summed E-state index contributed by atoms with van der Waals surface area (Å²) in [5.41, 5.74) is 5.50. The molecular weight excluding hydrogens is 312 g/mol. The molecule has 4 heteroatoms. The number of aryl methyl sites for hydroxylation is 1. The number of ether oxygens (including phenoxy) is 1. The van der Waals surface area contributed by atoms with Crippen LogP contribution in [0.5, 0.6) is 0 Å². The first-order valence-corrected chi connectivity index (χ1v) is 9.41. The quantitative estimate of drug-likeness (QED) is 0.814. The van der Waals surface area contributed by atoms with Crippen LogP contribution < -0.4 is 0 Å². The maximum absolute atomic E-state index is 10.4. The van der Waals surface area contributed by atoms with E-state index in [1.165, 1.54) is 27.7 Å². The van der Waals surface area contributed by atoms with E-state index in [1.54, 1.807) is 0 Å². The highest BCUT2D eigenvalue weighted by atomic mass is 16.5. The fraction of sp³-hybridized carbons (Fsp3) is 0.524. The number of aliphatic hydroxyl groups is 1. The number of fused-ring (bicyclic) bond motifs is 5. The molecule has 4 bridgehead atoms. The van der Waals surface area contributed by atoms with Gasteiger partial charge in [0.05, 0.1) is 25.3 Å². The molecule has 0 spiro atoms. The number of benzene rings is 1. The van der Waals surface area contributed by atoms with Crippen molar-refractivity contribution >= 4 is 10.9 Å². The van der Waals surface area contributed by atoms with Gasteiger partial charge in [0.2, 0.25) is 0 Å². The van der Waals surface area contributed by atoms with Gasteiger partial charge in [-0.1, -0.05) is 29.8 Å². The van der Waals surface area contributed by atoms with Crippen molar-refractivity contribution in [2.75, 3.05) is 19.8 Å². The van der Waals surface area contributed by atoms with Crippen molar-refractivity contribution < 1.29 is 9.84 Å². The predicted molar refractivity (Wildman–Crippen MR) is 96.2 cm³/mol. The second kappa shape index (κ2) is 4.56. The predicted octanol–water partition coefficient (Wildman–Crippen LogP) is 2.93. The molecule has 7 rings (SSSR count). The highest BCUT2D eigenvalue weighted by Crippen LogP contribution is 2.66. The van der Waals surface area contributed by atoms with Gasteiger partial charge in [-0.15, -0.1) is 0 Å². The van der Waals surface area contributed by atoms with Crippen LogP contribution in [0.25, 0.3) is 10.9 Å². The fourth-order valence-corrected chi connectivity index (χ4v) is 6.57. The summed E-state index contributed by atoms with van der Waals surface area (Å²) in [6, 6.07) is 9.47. The van der Waals surface area contributed by atoms with Gasteiger partial charge < -0.3 is 14.4 Å². The van der Waals surface area contributed by atoms with Gasteiger partial charge in [-0.3, -0.25) is 4.90 Å². The fourth-order valence-electron chi connectivity index (χ4n) is 6.57. The Morgan fingerprint density at radius 3 is 3.00 bits per heavy atom. The molecule has 4 fully saturated rings. The van der Waals surface area contributed by atoms with E-state index in [1.807, 2.05) is 0 Å². The Bertz CT molecular complexity index is 929. The summed E-state index contributed by atoms with van der Waals surface area (Å²) in [5.74, 6) is 0.443. The Morgan fingerprint density at radius 2 is 2.20 bits per heavy atom. The minimum absolute atomic E-state index is 0.0886. The Morgan fingerprint density at radius 1 is 1.36 bits per heavy atom. The number of rotatable bonds is 1. The number of piperidine rings is 3. The smallest absolute Gasteiger partial charge is 0.101 e. The third-order valence-electron chi connectivity index (χ3n) is 7.59. The van der Waals surface area contributed by atoms with E-state index < -0.39 is 0 Å². The van der Waals surface area contributed by atoms with Gasteiger partial charge >= 0.3 is 0 Å². The molecule has 130 valence electrons. The highest BCUT2D eigenvalue weighted by molar-refractivity contribution is 5.87. The molecule has 0 radical (unpaired) electrons. The van der Waals surface area contributed by atoms with Crippen molar-refractivity contribution in [1.29, 1.82) is 0 Å². The Kier molecular flexibility index (Phi) is 2.65. The van der Waals surface area contributed by atoms with Crippen molar-refractivity contribution in [1.82, 2.24) is 9.47 Å². The third-order valence-corrected chi connectivity index (χ3v) is 7.59. The lowest BCUT2D eigenvalue weighted by Crippen LogP contribution is -2.66. The van der Waals surface area contributed by atoms with Crippen molar-refractivity contribution in [3.05, 3.63) is 47.2 Å². The molecule has 5 aliphatic rings. The number of nitrogens with zero attached hydrogens (tertiary/aromatic N) is 2. The third kappa shape index (κ3) is 1.44. The zero-order valence-corrected chi connectivity index (χ0v) is 14.8. The standard InChI is InChI=1S/C21H24N2O2/c1-3-12-9-23-16-8-14(12)21(10-24)11-25-19(20(21)23)17-13-6-4-5-7-15(13)22(2)18(16)17/h3-7,14,16,19-20,24H,8-11H2,1-2H3/b12-3-/t14?,16-,19+,20-,21?/m0/s1. The van der Waals surface area contributed by atoms with E-state index >= 15 is 0 Å². The molecule has 1 aromatic carbocycles. The van der Waals surface area contributed by atoms with Crippen LogP contribution in [-0.4, -0.2) is 40.4 Å². The van der Waals surface area contributed by atoms with Crippen molar-refractivity contribution in [2.24, 2.45) is 18.4 Å². The first-order chi connectivity index (χ1) is 12.2. The van der Waals surface area contributed by atoms with Gasteiger partial charge in [0.1, 0.15) is 6.10 Å². The van der Waals surface area contributed by atoms with Crippen molar-refractivity contribution in [3.8, 4) is 0 Å². The van der Waals surface area contributed by atoms with Crippen LogP contribution in [0.1, 0.15) is 36.7 Å². The van der Waals surface area contributed by atoms with Crippen LogP contribution in [0.3, 0.4) is 0 Å². The van der Waals surface area contributed by atoms with Crippen LogP contribution in [0.15, 0.2) is 35.9 Å². The van der Waals surface area contributed by atoms with Crippen LogP contribution in [-0.2, 0) is 11.8 Å². The minimum Gasteiger partial charge on any atom is -0.396 e. The Balaban J connectivity index is 1.67. The summed E-state index contributed by atoms with van der Waals surface area (Å²) in [4.78, 5) is 2.64. The number of hydrogen-bond donors (Lipinski definition) is 1. The summed E-state index contributed by atoms with van der Waals surface area (Å²) in [7, 11) is 2.20. The number of aromatic nitrogens is 1. The zero-order chi connectivity index (χ0) is 16.9. The number of para-hydroxylation sites is 1. The Hall–Kier alpha value is -1.62. The van der Waals surface area contributed by atoms with E-state index in [9.17, 15) is 5.11 Å². The lowest BCUT2D eigenvalue weighted by Gasteiger charge is -2.61. The lowest BCUT2D eigenvalue weighted by atomic mass is 9.56. The largest absolute Gasteiger partial charge is 0.396 e. The summed E-state index contributed by atoms with van der Waals surface area (Å²) in [6.07, 6.45) is 3.47. The Labute approximate surface area is 147 Å². The lowest BCUT2D eigenvalue weighted by molar-refractivity contribution is -0.102. The molecule has 4 nitrogen and oxygen atoms in total. The second-order valence-corrected chi connectivity index (χ2v) is 8.28. The van der Waals surface area contributed by atoms with Gasteiger partial charge in [-0.2, -0.15) is 0 Å². The van der Waals surface area contributed by atoms with Crippen LogP contribution >= 0.6 is 0 Å². The molecule has 0 aliphatic carbocycles. The molecule has 5 aliphatic heterocycles. The molecule has 6 heterocycles. The molecule has 1 N–H and O–H groups in total. The first kappa shape index (κ1) is 14.5. The van der Waals surface area contributed by atoms with Gasteiger partial charge in [-0.25, -0.2) is 0 Å². The summed E-state index contributed by atoms with van der Waals surface area (Å²) < 4.78 is 8.85. The monoisotopic (exact) mass is 336 g/mol. The maximum atomic E-state index is 10.4.